The Morgan fingerprint density at radius 3 is 1.19 bits per heavy atom. The van der Waals surface area contributed by atoms with Crippen LogP contribution in [0.1, 0.15) is 180 Å². The number of unbranched alkanes of at least 4 members (excludes halogenated alkanes) is 6. The maximum absolute atomic E-state index is 4.00. The van der Waals surface area contributed by atoms with Crippen LogP contribution in [0.2, 0.25) is 0 Å². The molecule has 2 unspecified atom stereocenters. The van der Waals surface area contributed by atoms with Gasteiger partial charge in [0.2, 0.25) is 0 Å². The number of aryl methyl sites for hydroxylation is 4. The molecule has 0 spiro atoms. The summed E-state index contributed by atoms with van der Waals surface area (Å²) in [5.41, 5.74) is 13.6. The van der Waals surface area contributed by atoms with Gasteiger partial charge in [-0.05, 0) is 164 Å². The molecule has 0 fully saturated rings. The molecule has 0 aliphatic heterocycles. The van der Waals surface area contributed by atoms with E-state index in [4.69, 9.17) is 0 Å². The molecule has 2 aliphatic carbocycles. The van der Waals surface area contributed by atoms with Crippen LogP contribution in [0.3, 0.4) is 0 Å². The second-order valence-electron chi connectivity index (χ2n) is 16.5. The number of hydrogen-bond donors (Lipinski definition) is 0. The Hall–Kier alpha value is -4.96. The fourth-order valence-corrected chi connectivity index (χ4v) is 8.01. The van der Waals surface area contributed by atoms with Crippen LogP contribution >= 0.6 is 0 Å². The van der Waals surface area contributed by atoms with E-state index in [1.807, 2.05) is 0 Å². The van der Waals surface area contributed by atoms with Gasteiger partial charge in [-0.3, -0.25) is 0 Å². The van der Waals surface area contributed by atoms with E-state index in [0.717, 1.165) is 43.2 Å². The highest BCUT2D eigenvalue weighted by Gasteiger charge is 2.16. The van der Waals surface area contributed by atoms with Crippen molar-refractivity contribution in [1.82, 2.24) is 0 Å². The second-order valence-corrected chi connectivity index (χ2v) is 16.5. The summed E-state index contributed by atoms with van der Waals surface area (Å²) >= 11 is 0. The molecule has 2 atom stereocenters. The molecule has 0 amide bonds. The summed E-state index contributed by atoms with van der Waals surface area (Å²) < 4.78 is 0. The van der Waals surface area contributed by atoms with Crippen LogP contribution < -0.4 is 0 Å². The maximum Gasteiger partial charge on any atom is 0.0249 e. The van der Waals surface area contributed by atoms with Gasteiger partial charge in [0.05, 0.1) is 0 Å². The molecule has 0 saturated heterocycles. The van der Waals surface area contributed by atoms with Gasteiger partial charge in [-0.2, -0.15) is 0 Å². The summed E-state index contributed by atoms with van der Waals surface area (Å²) in [5, 5.41) is 0. The zero-order valence-corrected chi connectivity index (χ0v) is 37.1. The standard InChI is InChI=1S/C30H38.C27H32.C2H2/c1-3-5-7-8-10-26-17-21-29(22-18-26)30-23-19-28(20-24-30)16-15-27-13-11-25(12-14-27)9-6-4-2;1-3-5-6-7-23-8-10-24(11-9-23)12-13-25-16-20-27(21-17-25)26-18-14-22(4-2)15-19-26;1-2/h11-14,17-19,21-22,30H,3-10,20,23-24H2,1-2H3;8-11,14-16,18-19,27H,3-7,17,20-21H2,1-2H3;1-2H. The lowest BCUT2D eigenvalue weighted by atomic mass is 9.84. The summed E-state index contributed by atoms with van der Waals surface area (Å²) in [4.78, 5) is 0. The molecule has 0 aromatic heterocycles. The molecule has 0 radical (unpaired) electrons. The predicted octanol–water partition coefficient (Wildman–Crippen LogP) is 15.9. The molecular weight excluding hydrogens is 709 g/mol. The van der Waals surface area contributed by atoms with Crippen LogP contribution in [-0.4, -0.2) is 0 Å². The Bertz CT molecular complexity index is 1970. The van der Waals surface area contributed by atoms with E-state index in [0.29, 0.717) is 11.8 Å². The molecule has 0 bridgehead atoms. The molecule has 308 valence electrons. The van der Waals surface area contributed by atoms with Gasteiger partial charge in [-0.15, -0.1) is 12.8 Å². The largest absolute Gasteiger partial charge is 0.124 e. The van der Waals surface area contributed by atoms with E-state index < -0.39 is 0 Å². The third-order valence-electron chi connectivity index (χ3n) is 12.0. The smallest absolute Gasteiger partial charge is 0.0249 e. The van der Waals surface area contributed by atoms with Crippen molar-refractivity contribution in [3.8, 4) is 36.5 Å². The maximum atomic E-state index is 4.00. The summed E-state index contributed by atoms with van der Waals surface area (Å²) in [6, 6.07) is 36.3. The lowest BCUT2D eigenvalue weighted by molar-refractivity contribution is 0.607. The van der Waals surface area contributed by atoms with E-state index in [1.54, 1.807) is 0 Å². The zero-order chi connectivity index (χ0) is 41.9. The second kappa shape index (κ2) is 27.7. The van der Waals surface area contributed by atoms with Gasteiger partial charge in [0.1, 0.15) is 0 Å². The Balaban J connectivity index is 0.000000251. The summed E-state index contributed by atoms with van der Waals surface area (Å²) in [5.74, 6) is 14.9. The summed E-state index contributed by atoms with van der Waals surface area (Å²) in [6.07, 6.45) is 36.1. The molecule has 0 saturated carbocycles. The first-order valence-corrected chi connectivity index (χ1v) is 23.2. The van der Waals surface area contributed by atoms with Gasteiger partial charge < -0.3 is 0 Å². The fourth-order valence-electron chi connectivity index (χ4n) is 8.01. The molecule has 4 aromatic carbocycles. The molecular formula is C59H72. The van der Waals surface area contributed by atoms with E-state index in [2.05, 4.69) is 173 Å². The van der Waals surface area contributed by atoms with Crippen LogP contribution in [0.15, 0.2) is 120 Å². The molecule has 0 heterocycles. The zero-order valence-electron chi connectivity index (χ0n) is 37.1. The fraction of sp³-hybridized carbons (Fsp3) is 0.424. The van der Waals surface area contributed by atoms with Gasteiger partial charge >= 0.3 is 0 Å². The first-order chi connectivity index (χ1) is 29.1. The predicted molar refractivity (Wildman–Crippen MR) is 258 cm³/mol. The van der Waals surface area contributed by atoms with Crippen LogP contribution in [0.5, 0.6) is 0 Å². The van der Waals surface area contributed by atoms with Crippen molar-refractivity contribution in [1.29, 1.82) is 0 Å². The normalized spacial score (nSPS) is 15.6. The SMILES string of the molecule is C#C.CCCCCCc1ccc(C2CC=C(C#Cc3ccc(CCCC)cc3)CC2)cc1.CCCCCc1ccc(C#CC2=CCC(c3ccc(CC)cc3)CC2)cc1. The van der Waals surface area contributed by atoms with Gasteiger partial charge in [0.15, 0.2) is 0 Å². The Morgan fingerprint density at radius 1 is 0.424 bits per heavy atom. The molecule has 6 rings (SSSR count). The third-order valence-corrected chi connectivity index (χ3v) is 12.0. The molecule has 0 nitrogen and oxygen atoms in total. The van der Waals surface area contributed by atoms with Crippen LogP contribution in [0.25, 0.3) is 0 Å². The highest BCUT2D eigenvalue weighted by Crippen LogP contribution is 2.33. The van der Waals surface area contributed by atoms with Crippen molar-refractivity contribution in [3.63, 3.8) is 0 Å². The van der Waals surface area contributed by atoms with E-state index in [-0.39, 0.29) is 0 Å². The molecule has 2 aliphatic rings. The van der Waals surface area contributed by atoms with Crippen molar-refractivity contribution < 1.29 is 0 Å². The minimum absolute atomic E-state index is 0.655. The average Bonchev–Trinajstić information content (AvgIpc) is 3.31. The van der Waals surface area contributed by atoms with Gasteiger partial charge in [0, 0.05) is 11.1 Å². The Kier molecular flexibility index (Phi) is 21.9. The summed E-state index contributed by atoms with van der Waals surface area (Å²) in [7, 11) is 0. The first kappa shape index (κ1) is 46.7. The van der Waals surface area contributed by atoms with Gasteiger partial charge in [0.25, 0.3) is 0 Å². The quantitative estimate of drug-likeness (QED) is 0.0832. The number of benzene rings is 4. The van der Waals surface area contributed by atoms with Crippen LogP contribution in [0.4, 0.5) is 0 Å². The van der Waals surface area contributed by atoms with Gasteiger partial charge in [-0.25, -0.2) is 0 Å². The molecule has 0 heteroatoms. The summed E-state index contributed by atoms with van der Waals surface area (Å²) in [6.45, 7) is 8.98. The van der Waals surface area contributed by atoms with Crippen molar-refractivity contribution >= 4 is 0 Å². The van der Waals surface area contributed by atoms with Gasteiger partial charge in [-0.1, -0.05) is 175 Å². The van der Waals surface area contributed by atoms with E-state index >= 15 is 0 Å². The van der Waals surface area contributed by atoms with Crippen molar-refractivity contribution in [2.75, 3.05) is 0 Å². The van der Waals surface area contributed by atoms with E-state index in [1.165, 1.54) is 134 Å². The molecule has 59 heavy (non-hydrogen) atoms. The number of hydrogen-bond acceptors (Lipinski definition) is 0. The number of terminal acetylenes is 1. The Labute approximate surface area is 361 Å². The topological polar surface area (TPSA) is 0 Å². The average molecular weight is 781 g/mol. The van der Waals surface area contributed by atoms with Crippen LogP contribution in [-0.2, 0) is 25.7 Å². The van der Waals surface area contributed by atoms with Crippen molar-refractivity contribution in [2.24, 2.45) is 0 Å². The highest BCUT2D eigenvalue weighted by atomic mass is 14.2. The van der Waals surface area contributed by atoms with Crippen molar-refractivity contribution in [2.45, 2.75) is 162 Å². The van der Waals surface area contributed by atoms with Crippen molar-refractivity contribution in [3.05, 3.63) is 165 Å². The molecule has 0 N–H and O–H groups in total. The van der Waals surface area contributed by atoms with Crippen LogP contribution in [0, 0.1) is 36.5 Å². The molecule has 4 aromatic rings. The monoisotopic (exact) mass is 781 g/mol. The number of rotatable bonds is 15. The minimum atomic E-state index is 0.655. The number of allylic oxidation sites excluding steroid dienone is 4. The lowest BCUT2D eigenvalue weighted by Crippen LogP contribution is -2.04. The Morgan fingerprint density at radius 2 is 0.797 bits per heavy atom. The lowest BCUT2D eigenvalue weighted by Gasteiger charge is -2.20. The van der Waals surface area contributed by atoms with E-state index in [9.17, 15) is 0 Å². The first-order valence-electron chi connectivity index (χ1n) is 23.2. The minimum Gasteiger partial charge on any atom is -0.124 e. The highest BCUT2D eigenvalue weighted by molar-refractivity contribution is 5.44. The third kappa shape index (κ3) is 17.0.